The number of hydrogen-bond donors (Lipinski definition) is 2. The average molecular weight is 372 g/mol. The van der Waals surface area contributed by atoms with Gasteiger partial charge in [0, 0.05) is 33.2 Å². The van der Waals surface area contributed by atoms with Crippen LogP contribution in [0, 0.1) is 5.92 Å². The molecule has 5 nitrogen and oxygen atoms in total. The minimum Gasteiger partial charge on any atom is -0.356 e. The minimum absolute atomic E-state index is 0.631. The highest BCUT2D eigenvalue weighted by atomic mass is 15.2. The molecule has 1 atom stereocenters. The van der Waals surface area contributed by atoms with Gasteiger partial charge in [0.1, 0.15) is 0 Å². The van der Waals surface area contributed by atoms with Crippen molar-refractivity contribution >= 4 is 5.96 Å². The third-order valence-electron chi connectivity index (χ3n) is 5.70. The van der Waals surface area contributed by atoms with Crippen LogP contribution in [0.2, 0.25) is 0 Å². The molecule has 3 rings (SSSR count). The Morgan fingerprint density at radius 3 is 2.15 bits per heavy atom. The summed E-state index contributed by atoms with van der Waals surface area (Å²) in [6.45, 7) is 11.4. The first-order valence-electron chi connectivity index (χ1n) is 10.7. The lowest BCUT2D eigenvalue weighted by Crippen LogP contribution is -2.41. The van der Waals surface area contributed by atoms with Gasteiger partial charge in [0.15, 0.2) is 5.96 Å². The van der Waals surface area contributed by atoms with Crippen LogP contribution in [0.3, 0.4) is 0 Å². The van der Waals surface area contributed by atoms with Gasteiger partial charge in [-0.15, -0.1) is 0 Å². The number of rotatable bonds is 8. The smallest absolute Gasteiger partial charge is 0.191 e. The van der Waals surface area contributed by atoms with Gasteiger partial charge < -0.3 is 15.5 Å². The summed E-state index contributed by atoms with van der Waals surface area (Å²) in [5, 5.41) is 6.92. The summed E-state index contributed by atoms with van der Waals surface area (Å²) in [7, 11) is 1.85. The van der Waals surface area contributed by atoms with E-state index in [0.29, 0.717) is 5.92 Å². The Morgan fingerprint density at radius 2 is 1.52 bits per heavy atom. The van der Waals surface area contributed by atoms with Crippen LogP contribution in [0.5, 0.6) is 0 Å². The van der Waals surface area contributed by atoms with E-state index in [2.05, 4.69) is 56.6 Å². The van der Waals surface area contributed by atoms with E-state index < -0.39 is 0 Å². The van der Waals surface area contributed by atoms with Gasteiger partial charge in [-0.05, 0) is 68.9 Å². The fourth-order valence-corrected chi connectivity index (χ4v) is 4.11. The molecule has 1 aromatic carbocycles. The van der Waals surface area contributed by atoms with E-state index in [1.807, 2.05) is 7.05 Å². The second-order valence-corrected chi connectivity index (χ2v) is 8.22. The Labute approximate surface area is 165 Å². The maximum Gasteiger partial charge on any atom is 0.191 e. The molecule has 0 radical (unpaired) electrons. The molecule has 0 spiro atoms. The molecule has 0 saturated carbocycles. The monoisotopic (exact) mass is 371 g/mol. The maximum atomic E-state index is 4.37. The van der Waals surface area contributed by atoms with Gasteiger partial charge in [-0.3, -0.25) is 9.89 Å². The first-order valence-corrected chi connectivity index (χ1v) is 10.7. The molecule has 2 fully saturated rings. The van der Waals surface area contributed by atoms with Gasteiger partial charge in [0.05, 0.1) is 0 Å². The zero-order chi connectivity index (χ0) is 18.9. The highest BCUT2D eigenvalue weighted by molar-refractivity contribution is 5.79. The van der Waals surface area contributed by atoms with Crippen LogP contribution in [0.25, 0.3) is 0 Å². The molecule has 2 aliphatic rings. The SMILES string of the molecule is CN=C(NCc1ccc(CN2CCCC2)cc1)NCC(C)CN1CCCC1. The van der Waals surface area contributed by atoms with Crippen LogP contribution in [-0.2, 0) is 13.1 Å². The Bertz CT molecular complexity index is 571. The molecular weight excluding hydrogens is 334 g/mol. The van der Waals surface area contributed by atoms with Crippen LogP contribution in [-0.4, -0.2) is 62.1 Å². The molecule has 2 heterocycles. The Hall–Kier alpha value is -1.59. The largest absolute Gasteiger partial charge is 0.356 e. The van der Waals surface area contributed by atoms with Crippen LogP contribution in [0.4, 0.5) is 0 Å². The topological polar surface area (TPSA) is 42.9 Å². The van der Waals surface area contributed by atoms with E-state index in [1.165, 1.54) is 69.5 Å². The van der Waals surface area contributed by atoms with Crippen molar-refractivity contribution in [2.45, 2.75) is 45.7 Å². The van der Waals surface area contributed by atoms with Crippen molar-refractivity contribution in [3.63, 3.8) is 0 Å². The summed E-state index contributed by atoms with van der Waals surface area (Å²) in [5.74, 6) is 1.52. The van der Waals surface area contributed by atoms with Gasteiger partial charge in [-0.2, -0.15) is 0 Å². The molecule has 0 bridgehead atoms. The molecule has 1 aromatic rings. The van der Waals surface area contributed by atoms with Crippen LogP contribution in [0.15, 0.2) is 29.3 Å². The number of likely N-dealkylation sites (tertiary alicyclic amines) is 2. The van der Waals surface area contributed by atoms with Crippen molar-refractivity contribution in [2.24, 2.45) is 10.9 Å². The number of benzene rings is 1. The van der Waals surface area contributed by atoms with Gasteiger partial charge in [0.2, 0.25) is 0 Å². The third-order valence-corrected chi connectivity index (χ3v) is 5.70. The van der Waals surface area contributed by atoms with E-state index >= 15 is 0 Å². The van der Waals surface area contributed by atoms with Crippen LogP contribution in [0.1, 0.15) is 43.7 Å². The summed E-state index contributed by atoms with van der Waals surface area (Å²) in [6.07, 6.45) is 5.43. The highest BCUT2D eigenvalue weighted by Gasteiger charge is 2.15. The summed E-state index contributed by atoms with van der Waals surface area (Å²) < 4.78 is 0. The Morgan fingerprint density at radius 1 is 0.926 bits per heavy atom. The van der Waals surface area contributed by atoms with Crippen LogP contribution < -0.4 is 10.6 Å². The van der Waals surface area contributed by atoms with E-state index in [1.54, 1.807) is 0 Å². The molecule has 2 N–H and O–H groups in total. The zero-order valence-corrected chi connectivity index (χ0v) is 17.2. The van der Waals surface area contributed by atoms with Gasteiger partial charge in [0.25, 0.3) is 0 Å². The molecule has 1 unspecified atom stereocenters. The predicted molar refractivity (Wildman–Crippen MR) is 114 cm³/mol. The summed E-state index contributed by atoms with van der Waals surface area (Å²) in [4.78, 5) is 9.49. The lowest BCUT2D eigenvalue weighted by molar-refractivity contribution is 0.287. The normalized spacial score (nSPS) is 20.1. The second kappa shape index (κ2) is 10.7. The molecule has 5 heteroatoms. The van der Waals surface area contributed by atoms with Crippen LogP contribution >= 0.6 is 0 Å². The number of guanidine groups is 1. The van der Waals surface area contributed by atoms with Crippen molar-refractivity contribution in [2.75, 3.05) is 46.3 Å². The molecule has 2 aliphatic heterocycles. The summed E-state index contributed by atoms with van der Waals surface area (Å²) >= 11 is 0. The second-order valence-electron chi connectivity index (χ2n) is 8.22. The molecule has 150 valence electrons. The van der Waals surface area contributed by atoms with Crippen molar-refractivity contribution in [1.82, 2.24) is 20.4 Å². The fraction of sp³-hybridized carbons (Fsp3) is 0.682. The minimum atomic E-state index is 0.631. The van der Waals surface area contributed by atoms with Crippen molar-refractivity contribution in [3.05, 3.63) is 35.4 Å². The summed E-state index contributed by atoms with van der Waals surface area (Å²) in [6, 6.07) is 9.01. The first kappa shape index (κ1) is 20.2. The molecule has 0 amide bonds. The molecule has 2 saturated heterocycles. The quantitative estimate of drug-likeness (QED) is 0.545. The third kappa shape index (κ3) is 6.82. The first-order chi connectivity index (χ1) is 13.2. The van der Waals surface area contributed by atoms with Crippen molar-refractivity contribution in [1.29, 1.82) is 0 Å². The number of nitrogens with one attached hydrogen (secondary N) is 2. The lowest BCUT2D eigenvalue weighted by Gasteiger charge is -2.21. The highest BCUT2D eigenvalue weighted by Crippen LogP contribution is 2.13. The van der Waals surface area contributed by atoms with Gasteiger partial charge in [-0.25, -0.2) is 0 Å². The van der Waals surface area contributed by atoms with E-state index in [9.17, 15) is 0 Å². The van der Waals surface area contributed by atoms with Crippen molar-refractivity contribution in [3.8, 4) is 0 Å². The van der Waals surface area contributed by atoms with Gasteiger partial charge >= 0.3 is 0 Å². The van der Waals surface area contributed by atoms with E-state index in [0.717, 1.165) is 25.6 Å². The Balaban J connectivity index is 1.36. The predicted octanol–water partition coefficient (Wildman–Crippen LogP) is 2.68. The summed E-state index contributed by atoms with van der Waals surface area (Å²) in [5.41, 5.74) is 2.71. The zero-order valence-electron chi connectivity index (χ0n) is 17.2. The number of aliphatic imine (C=N–C) groups is 1. The lowest BCUT2D eigenvalue weighted by atomic mass is 10.1. The molecule has 0 aliphatic carbocycles. The van der Waals surface area contributed by atoms with E-state index in [-0.39, 0.29) is 0 Å². The van der Waals surface area contributed by atoms with Crippen molar-refractivity contribution < 1.29 is 0 Å². The van der Waals surface area contributed by atoms with E-state index in [4.69, 9.17) is 0 Å². The fourth-order valence-electron chi connectivity index (χ4n) is 4.11. The Kier molecular flexibility index (Phi) is 7.96. The average Bonchev–Trinajstić information content (AvgIpc) is 3.37. The molecule has 27 heavy (non-hydrogen) atoms. The number of nitrogens with zero attached hydrogens (tertiary/aromatic N) is 3. The molecule has 0 aromatic heterocycles. The molecular formula is C22H37N5. The van der Waals surface area contributed by atoms with Gasteiger partial charge in [-0.1, -0.05) is 31.2 Å². The standard InChI is InChI=1S/C22H37N5/c1-19(17-26-11-3-4-12-26)15-24-22(23-2)25-16-20-7-9-21(10-8-20)18-27-13-5-6-14-27/h7-10,19H,3-6,11-18H2,1-2H3,(H2,23,24,25). The number of hydrogen-bond acceptors (Lipinski definition) is 3. The maximum absolute atomic E-state index is 4.37.